The van der Waals surface area contributed by atoms with Gasteiger partial charge >= 0.3 is 0 Å². The topological polar surface area (TPSA) is 40.5 Å². The van der Waals surface area contributed by atoms with E-state index in [2.05, 4.69) is 55.4 Å². The fraction of sp³-hybridized carbons (Fsp3) is 1.00. The predicted octanol–water partition coefficient (Wildman–Crippen LogP) is 7.08. The fourth-order valence-corrected chi connectivity index (χ4v) is 11.9. The Morgan fingerprint density at radius 1 is 0.719 bits per heavy atom. The zero-order chi connectivity index (χ0) is 23.5. The maximum absolute atomic E-state index is 11.0. The van der Waals surface area contributed by atoms with Crippen LogP contribution in [0.1, 0.15) is 113 Å². The Kier molecular flexibility index (Phi) is 5.17. The molecule has 5 rings (SSSR count). The van der Waals surface area contributed by atoms with Gasteiger partial charge in [-0.1, -0.05) is 55.4 Å². The van der Waals surface area contributed by atoms with E-state index < -0.39 is 12.2 Å². The first kappa shape index (κ1) is 23.7. The van der Waals surface area contributed by atoms with Gasteiger partial charge in [0, 0.05) is 0 Å². The minimum atomic E-state index is -0.586. The molecule has 5 aliphatic carbocycles. The number of hydrogen-bond acceptors (Lipinski definition) is 2. The summed E-state index contributed by atoms with van der Waals surface area (Å²) >= 11 is 0. The maximum Gasteiger partial charge on any atom is 0.0852 e. The molecule has 11 atom stereocenters. The molecule has 0 amide bonds. The summed E-state index contributed by atoms with van der Waals surface area (Å²) in [5, 5.41) is 21.9. The minimum absolute atomic E-state index is 0.136. The monoisotopic (exact) mass is 444 g/mol. The quantitative estimate of drug-likeness (QED) is 0.454. The number of hydrogen-bond donors (Lipinski definition) is 2. The third-order valence-electron chi connectivity index (χ3n) is 13.7. The Morgan fingerprint density at radius 2 is 1.41 bits per heavy atom. The van der Waals surface area contributed by atoms with Crippen LogP contribution in [0.15, 0.2) is 0 Å². The molecule has 0 spiro atoms. The number of fused-ring (bicyclic) bond motifs is 7. The van der Waals surface area contributed by atoms with Crippen LogP contribution < -0.4 is 0 Å². The Labute approximate surface area is 198 Å². The zero-order valence-corrected chi connectivity index (χ0v) is 22.4. The first-order chi connectivity index (χ1) is 14.7. The standard InChI is InChI=1S/C30H52O2/c1-18(2)19-11-13-27(5)15-16-29(7)20(24(19)27)9-10-23-28(6)17-21(31)25(32)26(3,4)22(28)12-14-30(23,29)8/h18-25,31-32H,9-17H2,1-8H3/t19-,20?,21?,22-,23?,24+,25?,27?,28?,29+,30?/m0/s1. The van der Waals surface area contributed by atoms with Gasteiger partial charge in [-0.15, -0.1) is 0 Å². The van der Waals surface area contributed by atoms with E-state index in [0.29, 0.717) is 28.1 Å². The van der Waals surface area contributed by atoms with Crippen LogP contribution in [-0.2, 0) is 0 Å². The molecule has 2 heteroatoms. The van der Waals surface area contributed by atoms with E-state index in [1.807, 2.05) is 0 Å². The molecule has 2 N–H and O–H groups in total. The maximum atomic E-state index is 11.0. The van der Waals surface area contributed by atoms with Gasteiger partial charge in [0.2, 0.25) is 0 Å². The fourth-order valence-electron chi connectivity index (χ4n) is 11.9. The summed E-state index contributed by atoms with van der Waals surface area (Å²) in [5.74, 6) is 4.65. The van der Waals surface area contributed by atoms with Crippen LogP contribution in [0.4, 0.5) is 0 Å². The lowest BCUT2D eigenvalue weighted by Crippen LogP contribution is -2.68. The van der Waals surface area contributed by atoms with Crippen molar-refractivity contribution in [2.75, 3.05) is 0 Å². The van der Waals surface area contributed by atoms with Crippen molar-refractivity contribution in [1.82, 2.24) is 0 Å². The normalized spacial score (nSPS) is 59.2. The second-order valence-electron chi connectivity index (χ2n) is 15.3. The van der Waals surface area contributed by atoms with Gasteiger partial charge in [-0.2, -0.15) is 0 Å². The second-order valence-corrected chi connectivity index (χ2v) is 15.3. The molecule has 0 bridgehead atoms. The SMILES string of the molecule is CC(C)[C@@H]1CCC2(C)CC[C@]3(C)C(CCC4C5(C)CC(O)C(O)C(C)(C)[C@@H]5CCC43C)[C@@H]12. The van der Waals surface area contributed by atoms with E-state index in [1.165, 1.54) is 51.4 Å². The van der Waals surface area contributed by atoms with E-state index in [9.17, 15) is 10.2 Å². The van der Waals surface area contributed by atoms with E-state index in [-0.39, 0.29) is 10.8 Å². The molecule has 0 radical (unpaired) electrons. The van der Waals surface area contributed by atoms with Crippen molar-refractivity contribution in [3.05, 3.63) is 0 Å². The summed E-state index contributed by atoms with van der Waals surface area (Å²) in [5.41, 5.74) is 1.26. The van der Waals surface area contributed by atoms with Crippen molar-refractivity contribution in [2.45, 2.75) is 125 Å². The number of aliphatic hydroxyl groups excluding tert-OH is 2. The van der Waals surface area contributed by atoms with Crippen molar-refractivity contribution in [3.63, 3.8) is 0 Å². The Morgan fingerprint density at radius 3 is 2.06 bits per heavy atom. The first-order valence-electron chi connectivity index (χ1n) is 14.1. The summed E-state index contributed by atoms with van der Waals surface area (Å²) < 4.78 is 0. The summed E-state index contributed by atoms with van der Waals surface area (Å²) in [6.07, 6.45) is 10.6. The van der Waals surface area contributed by atoms with Crippen LogP contribution >= 0.6 is 0 Å². The highest BCUT2D eigenvalue weighted by Gasteiger charge is 2.71. The molecule has 0 aromatic carbocycles. The molecule has 0 aromatic heterocycles. The first-order valence-corrected chi connectivity index (χ1v) is 14.1. The Hall–Kier alpha value is -0.0800. The molecular weight excluding hydrogens is 392 g/mol. The van der Waals surface area contributed by atoms with E-state index >= 15 is 0 Å². The Balaban J connectivity index is 1.55. The number of rotatable bonds is 1. The van der Waals surface area contributed by atoms with E-state index in [4.69, 9.17) is 0 Å². The highest BCUT2D eigenvalue weighted by Crippen LogP contribution is 2.77. The smallest absolute Gasteiger partial charge is 0.0852 e. The molecule has 5 aliphatic rings. The molecule has 5 fully saturated rings. The average molecular weight is 445 g/mol. The molecule has 32 heavy (non-hydrogen) atoms. The van der Waals surface area contributed by atoms with Crippen LogP contribution in [0.5, 0.6) is 0 Å². The van der Waals surface area contributed by atoms with Gasteiger partial charge in [0.15, 0.2) is 0 Å². The van der Waals surface area contributed by atoms with Gasteiger partial charge in [0.1, 0.15) is 0 Å². The van der Waals surface area contributed by atoms with Crippen molar-refractivity contribution in [2.24, 2.45) is 62.6 Å². The van der Waals surface area contributed by atoms with Gasteiger partial charge in [0.25, 0.3) is 0 Å². The lowest BCUT2D eigenvalue weighted by atomic mass is 9.32. The van der Waals surface area contributed by atoms with Gasteiger partial charge in [-0.3, -0.25) is 0 Å². The average Bonchev–Trinajstić information content (AvgIpc) is 3.05. The van der Waals surface area contributed by atoms with Crippen LogP contribution in [0, 0.1) is 62.6 Å². The summed E-state index contributed by atoms with van der Waals surface area (Å²) in [6, 6.07) is 0. The van der Waals surface area contributed by atoms with Crippen molar-refractivity contribution >= 4 is 0 Å². The van der Waals surface area contributed by atoms with E-state index in [0.717, 1.165) is 30.1 Å². The van der Waals surface area contributed by atoms with E-state index in [1.54, 1.807) is 0 Å². The molecule has 0 aromatic rings. The number of aliphatic hydroxyl groups is 2. The molecular formula is C30H52O2. The zero-order valence-electron chi connectivity index (χ0n) is 22.4. The molecule has 0 saturated heterocycles. The van der Waals surface area contributed by atoms with Gasteiger partial charge in [0.05, 0.1) is 12.2 Å². The van der Waals surface area contributed by atoms with Gasteiger partial charge in [-0.25, -0.2) is 0 Å². The second kappa shape index (κ2) is 6.99. The van der Waals surface area contributed by atoms with Crippen LogP contribution in [0.25, 0.3) is 0 Å². The molecule has 0 heterocycles. The van der Waals surface area contributed by atoms with Crippen LogP contribution in [0.3, 0.4) is 0 Å². The third-order valence-corrected chi connectivity index (χ3v) is 13.7. The van der Waals surface area contributed by atoms with Gasteiger partial charge in [-0.05, 0) is 120 Å². The lowest BCUT2D eigenvalue weighted by molar-refractivity contribution is -0.263. The molecule has 5 saturated carbocycles. The van der Waals surface area contributed by atoms with Gasteiger partial charge < -0.3 is 10.2 Å². The molecule has 184 valence electrons. The van der Waals surface area contributed by atoms with Crippen molar-refractivity contribution < 1.29 is 10.2 Å². The summed E-state index contributed by atoms with van der Waals surface area (Å²) in [6.45, 7) is 20.0. The highest BCUT2D eigenvalue weighted by atomic mass is 16.3. The Bertz CT molecular complexity index is 758. The predicted molar refractivity (Wildman–Crippen MR) is 132 cm³/mol. The summed E-state index contributed by atoms with van der Waals surface area (Å²) in [4.78, 5) is 0. The van der Waals surface area contributed by atoms with Crippen LogP contribution in [0.2, 0.25) is 0 Å². The minimum Gasteiger partial charge on any atom is -0.390 e. The van der Waals surface area contributed by atoms with Crippen molar-refractivity contribution in [1.29, 1.82) is 0 Å². The van der Waals surface area contributed by atoms with Crippen molar-refractivity contribution in [3.8, 4) is 0 Å². The highest BCUT2D eigenvalue weighted by molar-refractivity contribution is 5.19. The summed E-state index contributed by atoms with van der Waals surface area (Å²) in [7, 11) is 0. The molecule has 7 unspecified atom stereocenters. The largest absolute Gasteiger partial charge is 0.390 e. The molecule has 0 aliphatic heterocycles. The van der Waals surface area contributed by atoms with Crippen LogP contribution in [-0.4, -0.2) is 22.4 Å². The lowest BCUT2D eigenvalue weighted by Gasteiger charge is -2.73. The third kappa shape index (κ3) is 2.72. The molecule has 2 nitrogen and oxygen atoms in total.